The van der Waals surface area contributed by atoms with Crippen LogP contribution in [0.2, 0.25) is 0 Å². The Morgan fingerprint density at radius 3 is 2.56 bits per heavy atom. The van der Waals surface area contributed by atoms with Crippen molar-refractivity contribution in [1.29, 1.82) is 0 Å². The molecule has 1 aromatic rings. The molecule has 5 nitrogen and oxygen atoms in total. The molecule has 0 unspecified atom stereocenters. The summed E-state index contributed by atoms with van der Waals surface area (Å²) in [5.41, 5.74) is 4.53. The van der Waals surface area contributed by atoms with Gasteiger partial charge < -0.3 is 10.8 Å². The van der Waals surface area contributed by atoms with Gasteiger partial charge in [-0.3, -0.25) is 10.1 Å². The maximum atomic E-state index is 13.1. The highest BCUT2D eigenvalue weighted by Gasteiger charge is 2.22. The zero-order chi connectivity index (χ0) is 12.5. The first-order valence-electron chi connectivity index (χ1n) is 4.65. The van der Waals surface area contributed by atoms with Gasteiger partial charge in [-0.15, -0.1) is 0 Å². The predicted molar refractivity (Wildman–Crippen MR) is 56.7 cm³/mol. The Kier molecular flexibility index (Phi) is 3.14. The molecule has 0 amide bonds. The zero-order valence-electron chi connectivity index (χ0n) is 9.03. The number of nitrogens with zero attached hydrogens (tertiary/aromatic N) is 1. The first-order valence-corrected chi connectivity index (χ1v) is 4.65. The summed E-state index contributed by atoms with van der Waals surface area (Å²) in [6.45, 7) is 3.37. The number of phenols is 1. The lowest BCUT2D eigenvalue weighted by Gasteiger charge is -2.18. The van der Waals surface area contributed by atoms with Crippen molar-refractivity contribution in [3.63, 3.8) is 0 Å². The van der Waals surface area contributed by atoms with E-state index >= 15 is 0 Å². The summed E-state index contributed by atoms with van der Waals surface area (Å²) in [7, 11) is 0. The van der Waals surface area contributed by atoms with E-state index in [0.717, 1.165) is 6.07 Å². The summed E-state index contributed by atoms with van der Waals surface area (Å²) in [5.74, 6) is -1.28. The monoisotopic (exact) mass is 228 g/mol. The van der Waals surface area contributed by atoms with Crippen LogP contribution in [-0.2, 0) is 6.42 Å². The van der Waals surface area contributed by atoms with E-state index in [2.05, 4.69) is 0 Å². The number of nitrogens with two attached hydrogens (primary N) is 1. The van der Waals surface area contributed by atoms with E-state index in [1.165, 1.54) is 0 Å². The fourth-order valence-electron chi connectivity index (χ4n) is 1.40. The fraction of sp³-hybridized carbons (Fsp3) is 0.400. The molecular weight excluding hydrogens is 215 g/mol. The van der Waals surface area contributed by atoms with Crippen LogP contribution in [0.4, 0.5) is 10.1 Å². The summed E-state index contributed by atoms with van der Waals surface area (Å²) in [6, 6.07) is 1.74. The molecule has 1 aromatic carbocycles. The van der Waals surface area contributed by atoms with E-state index in [4.69, 9.17) is 5.73 Å². The lowest BCUT2D eigenvalue weighted by Crippen LogP contribution is -2.34. The first-order chi connectivity index (χ1) is 7.20. The van der Waals surface area contributed by atoms with Crippen LogP contribution in [0, 0.1) is 15.9 Å². The van der Waals surface area contributed by atoms with Gasteiger partial charge in [-0.1, -0.05) is 0 Å². The molecule has 0 bridgehead atoms. The third kappa shape index (κ3) is 2.90. The predicted octanol–water partition coefficient (Wildman–Crippen LogP) is 1.72. The topological polar surface area (TPSA) is 89.4 Å². The van der Waals surface area contributed by atoms with E-state index in [1.54, 1.807) is 13.8 Å². The SMILES string of the molecule is CC(C)(N)Cc1cc(F)cc([N+](=O)[O-])c1O. The van der Waals surface area contributed by atoms with Crippen LogP contribution in [-0.4, -0.2) is 15.6 Å². The molecule has 0 atom stereocenters. The normalized spacial score (nSPS) is 11.5. The molecule has 88 valence electrons. The van der Waals surface area contributed by atoms with Crippen LogP contribution >= 0.6 is 0 Å². The molecule has 0 heterocycles. The number of benzene rings is 1. The second kappa shape index (κ2) is 4.05. The third-order valence-corrected chi connectivity index (χ3v) is 1.98. The summed E-state index contributed by atoms with van der Waals surface area (Å²) in [4.78, 5) is 9.71. The van der Waals surface area contributed by atoms with Gasteiger partial charge in [-0.2, -0.15) is 0 Å². The lowest BCUT2D eigenvalue weighted by molar-refractivity contribution is -0.386. The summed E-state index contributed by atoms with van der Waals surface area (Å²) in [5, 5.41) is 20.1. The maximum Gasteiger partial charge on any atom is 0.313 e. The second-order valence-corrected chi connectivity index (χ2v) is 4.36. The van der Waals surface area contributed by atoms with Gasteiger partial charge in [-0.05, 0) is 26.3 Å². The second-order valence-electron chi connectivity index (χ2n) is 4.36. The van der Waals surface area contributed by atoms with Gasteiger partial charge in [0.2, 0.25) is 0 Å². The van der Waals surface area contributed by atoms with E-state index < -0.39 is 27.7 Å². The fourth-order valence-corrected chi connectivity index (χ4v) is 1.40. The van der Waals surface area contributed by atoms with Crippen molar-refractivity contribution in [2.75, 3.05) is 0 Å². The summed E-state index contributed by atoms with van der Waals surface area (Å²) >= 11 is 0. The zero-order valence-corrected chi connectivity index (χ0v) is 9.03. The molecule has 0 aliphatic rings. The van der Waals surface area contributed by atoms with Crippen molar-refractivity contribution in [2.24, 2.45) is 5.73 Å². The lowest BCUT2D eigenvalue weighted by atomic mass is 9.95. The number of rotatable bonds is 3. The molecule has 6 heteroatoms. The summed E-state index contributed by atoms with van der Waals surface area (Å²) < 4.78 is 13.1. The molecule has 16 heavy (non-hydrogen) atoms. The number of hydrogen-bond donors (Lipinski definition) is 2. The van der Waals surface area contributed by atoms with Crippen molar-refractivity contribution in [3.05, 3.63) is 33.6 Å². The average Bonchev–Trinajstić information content (AvgIpc) is 2.07. The highest BCUT2D eigenvalue weighted by Crippen LogP contribution is 2.32. The molecule has 0 saturated heterocycles. The number of nitro benzene ring substituents is 1. The number of aromatic hydroxyl groups is 1. The maximum absolute atomic E-state index is 13.1. The molecule has 0 spiro atoms. The van der Waals surface area contributed by atoms with Crippen molar-refractivity contribution in [1.82, 2.24) is 0 Å². The first kappa shape index (κ1) is 12.4. The van der Waals surface area contributed by atoms with Gasteiger partial charge in [-0.25, -0.2) is 4.39 Å². The van der Waals surface area contributed by atoms with Gasteiger partial charge in [0, 0.05) is 11.1 Å². The third-order valence-electron chi connectivity index (χ3n) is 1.98. The Labute approximate surface area is 91.8 Å². The van der Waals surface area contributed by atoms with Crippen LogP contribution in [0.5, 0.6) is 5.75 Å². The minimum Gasteiger partial charge on any atom is -0.502 e. The van der Waals surface area contributed by atoms with Crippen LogP contribution in [0.15, 0.2) is 12.1 Å². The molecule has 3 N–H and O–H groups in total. The Balaban J connectivity index is 3.25. The van der Waals surface area contributed by atoms with Crippen molar-refractivity contribution < 1.29 is 14.4 Å². The number of phenolic OH excluding ortho intramolecular Hbond substituents is 1. The Morgan fingerprint density at radius 2 is 2.12 bits per heavy atom. The molecule has 0 fully saturated rings. The van der Waals surface area contributed by atoms with E-state index in [9.17, 15) is 19.6 Å². The molecular formula is C10H13FN2O3. The van der Waals surface area contributed by atoms with Gasteiger partial charge in [0.25, 0.3) is 0 Å². The van der Waals surface area contributed by atoms with Crippen LogP contribution in [0.25, 0.3) is 0 Å². The Hall–Kier alpha value is -1.69. The number of halogens is 1. The molecule has 0 saturated carbocycles. The smallest absolute Gasteiger partial charge is 0.313 e. The quantitative estimate of drug-likeness (QED) is 0.608. The van der Waals surface area contributed by atoms with Crippen molar-refractivity contribution in [3.8, 4) is 5.75 Å². The van der Waals surface area contributed by atoms with Gasteiger partial charge in [0.05, 0.1) is 11.0 Å². The molecule has 0 aromatic heterocycles. The van der Waals surface area contributed by atoms with Crippen molar-refractivity contribution in [2.45, 2.75) is 25.8 Å². The minimum atomic E-state index is -0.828. The summed E-state index contributed by atoms with van der Waals surface area (Å²) in [6.07, 6.45) is 0.150. The van der Waals surface area contributed by atoms with Crippen LogP contribution in [0.1, 0.15) is 19.4 Å². The minimum absolute atomic E-state index is 0.138. The molecule has 1 rings (SSSR count). The van der Waals surface area contributed by atoms with Crippen LogP contribution < -0.4 is 5.73 Å². The van der Waals surface area contributed by atoms with Crippen molar-refractivity contribution >= 4 is 5.69 Å². The van der Waals surface area contributed by atoms with E-state index in [0.29, 0.717) is 6.07 Å². The Bertz CT molecular complexity index is 427. The molecule has 0 radical (unpaired) electrons. The molecule has 0 aliphatic heterocycles. The van der Waals surface area contributed by atoms with Crippen LogP contribution in [0.3, 0.4) is 0 Å². The van der Waals surface area contributed by atoms with Gasteiger partial charge in [0.1, 0.15) is 5.82 Å². The highest BCUT2D eigenvalue weighted by molar-refractivity contribution is 5.51. The van der Waals surface area contributed by atoms with E-state index in [-0.39, 0.29) is 12.0 Å². The standard InChI is InChI=1S/C10H13FN2O3/c1-10(2,12)5-6-3-7(11)4-8(9(6)14)13(15)16/h3-4,14H,5,12H2,1-2H3. The number of nitro groups is 1. The molecule has 0 aliphatic carbocycles. The Morgan fingerprint density at radius 1 is 1.56 bits per heavy atom. The highest BCUT2D eigenvalue weighted by atomic mass is 19.1. The number of hydrogen-bond acceptors (Lipinski definition) is 4. The largest absolute Gasteiger partial charge is 0.502 e. The average molecular weight is 228 g/mol. The van der Waals surface area contributed by atoms with Gasteiger partial charge >= 0.3 is 5.69 Å². The van der Waals surface area contributed by atoms with Gasteiger partial charge in [0.15, 0.2) is 5.75 Å². The van der Waals surface area contributed by atoms with E-state index in [1.807, 2.05) is 0 Å².